The van der Waals surface area contributed by atoms with Crippen molar-refractivity contribution < 1.29 is 38.1 Å². The summed E-state index contributed by atoms with van der Waals surface area (Å²) in [5, 5.41) is 12.1. The molecule has 0 spiro atoms. The molecule has 0 aliphatic carbocycles. The third-order valence-corrected chi connectivity index (χ3v) is 8.31. The zero-order valence-electron chi connectivity index (χ0n) is 29.5. The Balaban J connectivity index is 1.46. The Labute approximate surface area is 297 Å². The van der Waals surface area contributed by atoms with Crippen molar-refractivity contribution in [2.45, 2.75) is 64.1 Å². The molecule has 0 unspecified atom stereocenters. The van der Waals surface area contributed by atoms with Gasteiger partial charge in [-0.05, 0) is 80.1 Å². The van der Waals surface area contributed by atoms with Gasteiger partial charge < -0.3 is 34.9 Å². The number of benzene rings is 4. The topological polar surface area (TPSA) is 141 Å². The Hall–Kier alpha value is -5.58. The highest BCUT2D eigenvalue weighted by Gasteiger charge is 2.27. The highest BCUT2D eigenvalue weighted by atomic mass is 16.6. The zero-order chi connectivity index (χ0) is 36.4. The van der Waals surface area contributed by atoms with Crippen LogP contribution in [0.4, 0.5) is 4.79 Å². The van der Waals surface area contributed by atoms with E-state index in [9.17, 15) is 19.2 Å². The summed E-state index contributed by atoms with van der Waals surface area (Å²) in [5.74, 6) is -0.592. The third-order valence-electron chi connectivity index (χ3n) is 8.31. The highest BCUT2D eigenvalue weighted by molar-refractivity contribution is 6.09. The molecule has 4 aromatic rings. The molecule has 0 saturated heterocycles. The minimum atomic E-state index is -0.995. The van der Waals surface area contributed by atoms with Crippen LogP contribution in [0.2, 0.25) is 0 Å². The van der Waals surface area contributed by atoms with Gasteiger partial charge in [-0.15, -0.1) is 0 Å². The SMILES string of the molecule is COC(=O)[C@@H]1CC=CCOc2ccc3ccccc3c2-c2c(ccc3ccccc23)OCC(=O)N[C@H](CCCCNC(=O)OC(C)(C)C)C(=O)N1. The molecule has 5 rings (SSSR count). The van der Waals surface area contributed by atoms with Crippen LogP contribution in [0.15, 0.2) is 84.9 Å². The number of carbonyl (C=O) groups excluding carboxylic acids is 4. The Morgan fingerprint density at radius 1 is 0.824 bits per heavy atom. The van der Waals surface area contributed by atoms with Crippen LogP contribution in [0.5, 0.6) is 11.5 Å². The van der Waals surface area contributed by atoms with Crippen LogP contribution >= 0.6 is 0 Å². The standard InChI is InChI=1S/C40H45N3O8/c1-40(2,3)51-39(47)41-23-11-9-17-30-37(45)43-31(38(46)48-4)18-10-12-24-49-32-21-19-26-13-5-7-15-28(26)35(32)36-29-16-8-6-14-27(29)20-22-33(36)50-25-34(44)42-30/h5-8,10,12-16,19-22,30-31H,9,11,17-18,23-25H2,1-4H3,(H,41,47)(H,42,44)(H,43,45)/t30-,31+/m1/s1. The molecule has 268 valence electrons. The lowest BCUT2D eigenvalue weighted by atomic mass is 9.92. The van der Waals surface area contributed by atoms with Crippen LogP contribution in [0, 0.1) is 0 Å². The monoisotopic (exact) mass is 695 g/mol. The first-order chi connectivity index (χ1) is 24.5. The lowest BCUT2D eigenvalue weighted by molar-refractivity contribution is -0.145. The molecule has 0 aromatic heterocycles. The van der Waals surface area contributed by atoms with E-state index in [0.29, 0.717) is 30.9 Å². The molecule has 0 radical (unpaired) electrons. The summed E-state index contributed by atoms with van der Waals surface area (Å²) in [7, 11) is 1.25. The molecule has 1 aliphatic heterocycles. The van der Waals surface area contributed by atoms with E-state index in [2.05, 4.69) is 16.0 Å². The van der Waals surface area contributed by atoms with Crippen molar-refractivity contribution in [2.24, 2.45) is 0 Å². The van der Waals surface area contributed by atoms with Crippen molar-refractivity contribution in [1.29, 1.82) is 0 Å². The fourth-order valence-electron chi connectivity index (χ4n) is 5.95. The molecule has 0 bridgehead atoms. The average Bonchev–Trinajstić information content (AvgIpc) is 3.11. The maximum absolute atomic E-state index is 13.6. The quantitative estimate of drug-likeness (QED) is 0.123. The van der Waals surface area contributed by atoms with Gasteiger partial charge in [-0.2, -0.15) is 0 Å². The molecule has 0 fully saturated rings. The number of carbonyl (C=O) groups is 4. The molecule has 51 heavy (non-hydrogen) atoms. The molecule has 0 saturated carbocycles. The number of methoxy groups -OCH3 is 1. The number of alkyl carbamates (subject to hydrolysis) is 1. The number of hydrogen-bond donors (Lipinski definition) is 3. The predicted octanol–water partition coefficient (Wildman–Crippen LogP) is 6.22. The summed E-state index contributed by atoms with van der Waals surface area (Å²) >= 11 is 0. The first-order valence-electron chi connectivity index (χ1n) is 17.1. The molecule has 1 heterocycles. The number of rotatable bonds is 6. The second-order valence-electron chi connectivity index (χ2n) is 13.3. The summed E-state index contributed by atoms with van der Waals surface area (Å²) in [6, 6.07) is 21.7. The van der Waals surface area contributed by atoms with Crippen molar-refractivity contribution in [3.8, 4) is 22.6 Å². The van der Waals surface area contributed by atoms with Gasteiger partial charge in [0, 0.05) is 17.7 Å². The Morgan fingerprint density at radius 2 is 1.45 bits per heavy atom. The second-order valence-corrected chi connectivity index (χ2v) is 13.3. The van der Waals surface area contributed by atoms with Gasteiger partial charge in [0.15, 0.2) is 6.61 Å². The minimum absolute atomic E-state index is 0.142. The number of amides is 3. The molecule has 3 N–H and O–H groups in total. The minimum Gasteiger partial charge on any atom is -0.489 e. The molecule has 2 atom stereocenters. The van der Waals surface area contributed by atoms with E-state index in [-0.39, 0.29) is 26.1 Å². The predicted molar refractivity (Wildman–Crippen MR) is 196 cm³/mol. The third kappa shape index (κ3) is 9.78. The van der Waals surface area contributed by atoms with Crippen molar-refractivity contribution in [2.75, 3.05) is 26.9 Å². The molecule has 3 amide bonds. The Morgan fingerprint density at radius 3 is 2.08 bits per heavy atom. The maximum atomic E-state index is 13.6. The second kappa shape index (κ2) is 16.9. The summed E-state index contributed by atoms with van der Waals surface area (Å²) in [6.07, 6.45) is 4.39. The Kier molecular flexibility index (Phi) is 12.2. The molecular weight excluding hydrogens is 650 g/mol. The number of unbranched alkanes of at least 4 members (excludes halogenated alkanes) is 1. The van der Waals surface area contributed by atoms with Crippen LogP contribution in [-0.2, 0) is 23.9 Å². The highest BCUT2D eigenvalue weighted by Crippen LogP contribution is 2.45. The van der Waals surface area contributed by atoms with Crippen LogP contribution in [0.1, 0.15) is 46.5 Å². The number of hydrogen-bond acceptors (Lipinski definition) is 8. The number of esters is 1. The van der Waals surface area contributed by atoms with Gasteiger partial charge in [-0.3, -0.25) is 9.59 Å². The van der Waals surface area contributed by atoms with Crippen molar-refractivity contribution in [3.05, 3.63) is 84.9 Å². The van der Waals surface area contributed by atoms with E-state index in [0.717, 1.165) is 32.7 Å². The average molecular weight is 696 g/mol. The van der Waals surface area contributed by atoms with Crippen molar-refractivity contribution in [3.63, 3.8) is 0 Å². The van der Waals surface area contributed by atoms with Gasteiger partial charge >= 0.3 is 12.1 Å². The van der Waals surface area contributed by atoms with Crippen LogP contribution < -0.4 is 25.4 Å². The maximum Gasteiger partial charge on any atom is 0.407 e. The van der Waals surface area contributed by atoms with Gasteiger partial charge in [0.05, 0.1) is 7.11 Å². The molecule has 11 nitrogen and oxygen atoms in total. The smallest absolute Gasteiger partial charge is 0.407 e. The summed E-state index contributed by atoms with van der Waals surface area (Å²) in [4.78, 5) is 51.8. The van der Waals surface area contributed by atoms with Gasteiger partial charge in [-0.25, -0.2) is 9.59 Å². The van der Waals surface area contributed by atoms with Crippen molar-refractivity contribution in [1.82, 2.24) is 16.0 Å². The number of ether oxygens (including phenoxy) is 4. The number of nitrogens with one attached hydrogen (secondary N) is 3. The van der Waals surface area contributed by atoms with Crippen LogP contribution in [-0.4, -0.2) is 68.4 Å². The van der Waals surface area contributed by atoms with Crippen LogP contribution in [0.3, 0.4) is 0 Å². The summed E-state index contributed by atoms with van der Waals surface area (Å²) in [5.41, 5.74) is 0.972. The van der Waals surface area contributed by atoms with Gasteiger partial charge in [-0.1, -0.05) is 72.8 Å². The lowest BCUT2D eigenvalue weighted by Crippen LogP contribution is -2.52. The molecule has 11 heteroatoms. The molecule has 4 aromatic carbocycles. The molecular formula is C40H45N3O8. The van der Waals surface area contributed by atoms with Gasteiger partial charge in [0.2, 0.25) is 5.91 Å². The lowest BCUT2D eigenvalue weighted by Gasteiger charge is -2.22. The number of fused-ring (bicyclic) bond motifs is 7. The van der Waals surface area contributed by atoms with Gasteiger partial charge in [0.1, 0.15) is 35.8 Å². The van der Waals surface area contributed by atoms with E-state index < -0.39 is 41.6 Å². The van der Waals surface area contributed by atoms with E-state index in [1.807, 2.05) is 72.8 Å². The summed E-state index contributed by atoms with van der Waals surface area (Å²) < 4.78 is 22.9. The summed E-state index contributed by atoms with van der Waals surface area (Å²) in [6.45, 7) is 5.47. The van der Waals surface area contributed by atoms with E-state index in [4.69, 9.17) is 18.9 Å². The van der Waals surface area contributed by atoms with Crippen molar-refractivity contribution >= 4 is 45.4 Å². The van der Waals surface area contributed by atoms with E-state index in [1.165, 1.54) is 7.11 Å². The van der Waals surface area contributed by atoms with E-state index in [1.54, 1.807) is 32.9 Å². The fraction of sp³-hybridized carbons (Fsp3) is 0.350. The zero-order valence-corrected chi connectivity index (χ0v) is 29.5. The van der Waals surface area contributed by atoms with E-state index >= 15 is 0 Å². The van der Waals surface area contributed by atoms with Crippen LogP contribution in [0.25, 0.3) is 32.7 Å². The Bertz CT molecular complexity index is 1920. The first-order valence-corrected chi connectivity index (χ1v) is 17.1. The van der Waals surface area contributed by atoms with Gasteiger partial charge in [0.25, 0.3) is 5.91 Å². The normalized spacial score (nSPS) is 17.1. The fourth-order valence-corrected chi connectivity index (χ4v) is 5.95. The molecule has 1 aliphatic rings. The largest absolute Gasteiger partial charge is 0.489 e. The first kappa shape index (κ1) is 36.7.